The second kappa shape index (κ2) is 7.45. The van der Waals surface area contributed by atoms with Gasteiger partial charge in [-0.15, -0.1) is 0 Å². The van der Waals surface area contributed by atoms with Crippen molar-refractivity contribution in [2.24, 2.45) is 0 Å². The number of aromatic nitrogens is 2. The molecule has 0 spiro atoms. The molecule has 1 aromatic heterocycles. The minimum atomic E-state index is 0.364. The fourth-order valence-corrected chi connectivity index (χ4v) is 3.45. The number of benzene rings is 3. The Balaban J connectivity index is 1.71. The molecule has 0 bridgehead atoms. The van der Waals surface area contributed by atoms with Gasteiger partial charge in [0.15, 0.2) is 0 Å². The van der Waals surface area contributed by atoms with Crippen LogP contribution in [-0.4, -0.2) is 9.55 Å². The van der Waals surface area contributed by atoms with Crippen LogP contribution in [0.15, 0.2) is 66.7 Å². The molecule has 0 atom stereocenters. The fraction of sp³-hybridized carbons (Fsp3) is 0.174. The molecule has 4 rings (SSSR count). The quantitative estimate of drug-likeness (QED) is 0.431. The summed E-state index contributed by atoms with van der Waals surface area (Å²) in [5, 5.41) is 0.606. The van der Waals surface area contributed by atoms with Gasteiger partial charge in [-0.2, -0.15) is 0 Å². The molecule has 0 unspecified atom stereocenters. The van der Waals surface area contributed by atoms with E-state index in [1.54, 1.807) is 0 Å². The van der Waals surface area contributed by atoms with E-state index in [1.165, 1.54) is 16.7 Å². The van der Waals surface area contributed by atoms with Gasteiger partial charge < -0.3 is 9.30 Å². The molecule has 136 valence electrons. The van der Waals surface area contributed by atoms with Crippen LogP contribution in [0.2, 0.25) is 5.02 Å². The Kier molecular flexibility index (Phi) is 4.87. The predicted octanol–water partition coefficient (Wildman–Crippen LogP) is 5.93. The summed E-state index contributed by atoms with van der Waals surface area (Å²) in [6.45, 7) is 5.39. The van der Waals surface area contributed by atoms with Crippen LogP contribution < -0.4 is 4.74 Å². The third kappa shape index (κ3) is 3.69. The number of hydrogen-bond acceptors (Lipinski definition) is 2. The van der Waals surface area contributed by atoms with Gasteiger partial charge in [0.25, 0.3) is 0 Å². The molecule has 0 radical (unpaired) electrons. The van der Waals surface area contributed by atoms with Gasteiger partial charge >= 0.3 is 0 Å². The molecule has 1 heterocycles. The fourth-order valence-electron chi connectivity index (χ4n) is 3.26. The smallest absolute Gasteiger partial charge is 0.148 e. The summed E-state index contributed by atoms with van der Waals surface area (Å²) in [7, 11) is 0. The van der Waals surface area contributed by atoms with Gasteiger partial charge in [-0.25, -0.2) is 4.98 Å². The molecule has 3 nitrogen and oxygen atoms in total. The number of hydrogen-bond donors (Lipinski definition) is 0. The number of para-hydroxylation sites is 3. The van der Waals surface area contributed by atoms with E-state index in [0.29, 0.717) is 17.4 Å². The summed E-state index contributed by atoms with van der Waals surface area (Å²) in [6, 6.07) is 22.3. The van der Waals surface area contributed by atoms with Crippen molar-refractivity contribution in [1.82, 2.24) is 9.55 Å². The maximum absolute atomic E-state index is 6.22. The first-order chi connectivity index (χ1) is 13.1. The highest BCUT2D eigenvalue weighted by atomic mass is 35.5. The molecule has 0 N–H and O–H groups in total. The average Bonchev–Trinajstić information content (AvgIpc) is 3.02. The number of nitrogens with zero attached hydrogens (tertiary/aromatic N) is 2. The number of aryl methyl sites for hydroxylation is 2. The standard InChI is InChI=1S/C23H21ClN2O/c1-16-11-12-17(2)18(13-16)14-26-21-9-5-4-8-20(21)25-23(26)15-27-22-10-6-3-7-19(22)24/h3-13H,14-15H2,1-2H3. The molecule has 0 aliphatic carbocycles. The Morgan fingerprint density at radius 3 is 2.59 bits per heavy atom. The number of rotatable bonds is 5. The third-order valence-corrected chi connectivity index (χ3v) is 5.07. The Morgan fingerprint density at radius 1 is 0.963 bits per heavy atom. The molecule has 4 heteroatoms. The van der Waals surface area contributed by atoms with Crippen LogP contribution in [0.25, 0.3) is 11.0 Å². The van der Waals surface area contributed by atoms with Crippen molar-refractivity contribution in [2.75, 3.05) is 0 Å². The van der Waals surface area contributed by atoms with Gasteiger partial charge in [0.05, 0.1) is 16.1 Å². The molecular weight excluding hydrogens is 356 g/mol. The molecule has 0 amide bonds. The maximum atomic E-state index is 6.22. The average molecular weight is 377 g/mol. The van der Waals surface area contributed by atoms with E-state index < -0.39 is 0 Å². The monoisotopic (exact) mass is 376 g/mol. The first-order valence-electron chi connectivity index (χ1n) is 8.99. The lowest BCUT2D eigenvalue weighted by molar-refractivity contribution is 0.291. The zero-order chi connectivity index (χ0) is 18.8. The first-order valence-corrected chi connectivity index (χ1v) is 9.37. The van der Waals surface area contributed by atoms with E-state index >= 15 is 0 Å². The van der Waals surface area contributed by atoms with Gasteiger partial charge in [-0.1, -0.05) is 59.6 Å². The maximum Gasteiger partial charge on any atom is 0.148 e. The minimum absolute atomic E-state index is 0.364. The minimum Gasteiger partial charge on any atom is -0.484 e. The second-order valence-corrected chi connectivity index (χ2v) is 7.16. The molecule has 4 aromatic rings. The summed E-state index contributed by atoms with van der Waals surface area (Å²) in [4.78, 5) is 4.80. The van der Waals surface area contributed by atoms with Crippen molar-refractivity contribution in [3.05, 3.63) is 94.3 Å². The second-order valence-electron chi connectivity index (χ2n) is 6.75. The SMILES string of the molecule is Cc1ccc(C)c(Cn2c(COc3ccccc3Cl)nc3ccccc32)c1. The Morgan fingerprint density at radius 2 is 1.74 bits per heavy atom. The van der Waals surface area contributed by atoms with Gasteiger partial charge in [0.1, 0.15) is 18.2 Å². The molecular formula is C23H21ClN2O. The predicted molar refractivity (Wildman–Crippen MR) is 111 cm³/mol. The number of halogens is 1. The molecule has 0 aliphatic heterocycles. The Labute approximate surface area is 164 Å². The van der Waals surface area contributed by atoms with Crippen LogP contribution in [0, 0.1) is 13.8 Å². The van der Waals surface area contributed by atoms with Crippen molar-refractivity contribution in [3.63, 3.8) is 0 Å². The van der Waals surface area contributed by atoms with E-state index in [-0.39, 0.29) is 0 Å². The van der Waals surface area contributed by atoms with E-state index in [0.717, 1.165) is 23.4 Å². The molecule has 0 aliphatic rings. The van der Waals surface area contributed by atoms with Crippen molar-refractivity contribution in [3.8, 4) is 5.75 Å². The van der Waals surface area contributed by atoms with Crippen LogP contribution in [0.4, 0.5) is 0 Å². The molecule has 27 heavy (non-hydrogen) atoms. The lowest BCUT2D eigenvalue weighted by Gasteiger charge is -2.13. The number of fused-ring (bicyclic) bond motifs is 1. The normalized spacial score (nSPS) is 11.1. The molecule has 3 aromatic carbocycles. The van der Waals surface area contributed by atoms with Gasteiger partial charge in [0, 0.05) is 6.54 Å². The van der Waals surface area contributed by atoms with Crippen LogP contribution in [-0.2, 0) is 13.2 Å². The molecule has 0 fully saturated rings. The summed E-state index contributed by atoms with van der Waals surface area (Å²) in [6.07, 6.45) is 0. The summed E-state index contributed by atoms with van der Waals surface area (Å²) >= 11 is 6.22. The zero-order valence-corrected chi connectivity index (χ0v) is 16.2. The Hall–Kier alpha value is -2.78. The topological polar surface area (TPSA) is 27.1 Å². The van der Waals surface area contributed by atoms with Gasteiger partial charge in [-0.3, -0.25) is 0 Å². The summed E-state index contributed by atoms with van der Waals surface area (Å²) in [5.41, 5.74) is 5.90. The van der Waals surface area contributed by atoms with E-state index in [4.69, 9.17) is 21.3 Å². The van der Waals surface area contributed by atoms with Gasteiger partial charge in [0.2, 0.25) is 0 Å². The van der Waals surface area contributed by atoms with Crippen molar-refractivity contribution in [1.29, 1.82) is 0 Å². The van der Waals surface area contributed by atoms with Gasteiger partial charge in [-0.05, 0) is 49.2 Å². The van der Waals surface area contributed by atoms with Crippen molar-refractivity contribution in [2.45, 2.75) is 27.0 Å². The lowest BCUT2D eigenvalue weighted by atomic mass is 10.1. The van der Waals surface area contributed by atoms with Crippen molar-refractivity contribution >= 4 is 22.6 Å². The highest BCUT2D eigenvalue weighted by Crippen LogP contribution is 2.25. The van der Waals surface area contributed by atoms with Crippen LogP contribution in [0.5, 0.6) is 5.75 Å². The van der Waals surface area contributed by atoms with E-state index in [2.05, 4.69) is 42.7 Å². The van der Waals surface area contributed by atoms with Crippen LogP contribution in [0.3, 0.4) is 0 Å². The number of ether oxygens (including phenoxy) is 1. The zero-order valence-electron chi connectivity index (χ0n) is 15.4. The summed E-state index contributed by atoms with van der Waals surface area (Å²) < 4.78 is 8.20. The first kappa shape index (κ1) is 17.6. The summed E-state index contributed by atoms with van der Waals surface area (Å²) in [5.74, 6) is 1.56. The van der Waals surface area contributed by atoms with Crippen LogP contribution in [0.1, 0.15) is 22.5 Å². The molecule has 0 saturated heterocycles. The highest BCUT2D eigenvalue weighted by molar-refractivity contribution is 6.32. The van der Waals surface area contributed by atoms with Crippen molar-refractivity contribution < 1.29 is 4.74 Å². The lowest BCUT2D eigenvalue weighted by Crippen LogP contribution is -2.09. The van der Waals surface area contributed by atoms with E-state index in [9.17, 15) is 0 Å². The van der Waals surface area contributed by atoms with Crippen LogP contribution >= 0.6 is 11.6 Å². The highest BCUT2D eigenvalue weighted by Gasteiger charge is 2.13. The number of imidazole rings is 1. The Bertz CT molecular complexity index is 1100. The third-order valence-electron chi connectivity index (χ3n) is 4.76. The largest absolute Gasteiger partial charge is 0.484 e. The molecule has 0 saturated carbocycles. The van der Waals surface area contributed by atoms with E-state index in [1.807, 2.05) is 42.5 Å².